The van der Waals surface area contributed by atoms with E-state index in [2.05, 4.69) is 45.8 Å². The van der Waals surface area contributed by atoms with E-state index in [1.54, 1.807) is 0 Å². The topological polar surface area (TPSA) is 49.9 Å². The number of rotatable bonds is 2. The number of hydrogen-bond acceptors (Lipinski definition) is 3. The minimum atomic E-state index is 0.296. The van der Waals surface area contributed by atoms with Crippen molar-refractivity contribution in [3.05, 3.63) is 54.2 Å². The molecule has 0 amide bonds. The molecule has 2 N–H and O–H groups in total. The molecule has 1 aliphatic heterocycles. The van der Waals surface area contributed by atoms with Crippen LogP contribution < -0.4 is 10.1 Å². The molecule has 0 bridgehead atoms. The van der Waals surface area contributed by atoms with Gasteiger partial charge in [0.2, 0.25) is 0 Å². The van der Waals surface area contributed by atoms with E-state index in [0.29, 0.717) is 6.04 Å². The van der Waals surface area contributed by atoms with E-state index in [1.807, 2.05) is 18.3 Å². The summed E-state index contributed by atoms with van der Waals surface area (Å²) in [6.07, 6.45) is 2.82. The molecule has 20 heavy (non-hydrogen) atoms. The average Bonchev–Trinajstić information content (AvgIpc) is 2.95. The molecule has 1 aromatic heterocycles. The van der Waals surface area contributed by atoms with Gasteiger partial charge in [-0.2, -0.15) is 5.10 Å². The molecule has 1 atom stereocenters. The van der Waals surface area contributed by atoms with Crippen molar-refractivity contribution in [1.29, 1.82) is 0 Å². The Hall–Kier alpha value is -2.49. The molecule has 4 nitrogen and oxygen atoms in total. The van der Waals surface area contributed by atoms with E-state index in [4.69, 9.17) is 4.74 Å². The Labute approximate surface area is 116 Å². The lowest BCUT2D eigenvalue weighted by Crippen LogP contribution is -2.20. The van der Waals surface area contributed by atoms with Gasteiger partial charge in [-0.15, -0.1) is 0 Å². The minimum Gasteiger partial charge on any atom is -0.493 e. The number of benzene rings is 2. The summed E-state index contributed by atoms with van der Waals surface area (Å²) in [6, 6.07) is 14.8. The van der Waals surface area contributed by atoms with Crippen LogP contribution in [0.2, 0.25) is 0 Å². The van der Waals surface area contributed by atoms with E-state index >= 15 is 0 Å². The highest BCUT2D eigenvalue weighted by Gasteiger charge is 2.20. The quantitative estimate of drug-likeness (QED) is 0.745. The second-order valence-corrected chi connectivity index (χ2v) is 5.04. The second kappa shape index (κ2) is 4.56. The lowest BCUT2D eigenvalue weighted by molar-refractivity contribution is 0.274. The number of fused-ring (bicyclic) bond motifs is 2. The minimum absolute atomic E-state index is 0.296. The fourth-order valence-corrected chi connectivity index (χ4v) is 2.73. The Bertz CT molecular complexity index is 750. The smallest absolute Gasteiger partial charge is 0.124 e. The maximum Gasteiger partial charge on any atom is 0.124 e. The van der Waals surface area contributed by atoms with Crippen LogP contribution in [0.3, 0.4) is 0 Å². The molecular weight excluding hydrogens is 250 g/mol. The zero-order valence-electron chi connectivity index (χ0n) is 11.0. The normalized spacial score (nSPS) is 17.5. The predicted molar refractivity (Wildman–Crippen MR) is 79.0 cm³/mol. The summed E-state index contributed by atoms with van der Waals surface area (Å²) in [6.45, 7) is 0.753. The Balaban J connectivity index is 1.66. The molecule has 4 rings (SSSR count). The molecule has 0 fully saturated rings. The van der Waals surface area contributed by atoms with Crippen molar-refractivity contribution in [3.8, 4) is 5.75 Å². The second-order valence-electron chi connectivity index (χ2n) is 5.04. The Morgan fingerprint density at radius 1 is 1.20 bits per heavy atom. The van der Waals surface area contributed by atoms with Gasteiger partial charge in [-0.05, 0) is 24.3 Å². The van der Waals surface area contributed by atoms with Gasteiger partial charge >= 0.3 is 0 Å². The number of aromatic nitrogens is 2. The first-order valence-electron chi connectivity index (χ1n) is 6.81. The van der Waals surface area contributed by atoms with E-state index < -0.39 is 0 Å². The van der Waals surface area contributed by atoms with Crippen LogP contribution in [-0.4, -0.2) is 16.8 Å². The molecule has 4 heteroatoms. The van der Waals surface area contributed by atoms with Crippen molar-refractivity contribution in [3.63, 3.8) is 0 Å². The first kappa shape index (κ1) is 11.3. The van der Waals surface area contributed by atoms with Gasteiger partial charge < -0.3 is 10.1 Å². The van der Waals surface area contributed by atoms with Crippen LogP contribution in [0.25, 0.3) is 10.9 Å². The number of H-pyrrole nitrogens is 1. The zero-order valence-corrected chi connectivity index (χ0v) is 11.0. The highest BCUT2D eigenvalue weighted by molar-refractivity contribution is 5.81. The monoisotopic (exact) mass is 265 g/mol. The largest absolute Gasteiger partial charge is 0.493 e. The predicted octanol–water partition coefficient (Wildman–Crippen LogP) is 3.50. The van der Waals surface area contributed by atoms with Gasteiger partial charge in [0.25, 0.3) is 0 Å². The van der Waals surface area contributed by atoms with Crippen LogP contribution in [-0.2, 0) is 0 Å². The number of ether oxygens (including phenoxy) is 1. The van der Waals surface area contributed by atoms with Crippen molar-refractivity contribution in [2.24, 2.45) is 0 Å². The van der Waals surface area contributed by atoms with Crippen LogP contribution >= 0.6 is 0 Å². The third kappa shape index (κ3) is 1.90. The van der Waals surface area contributed by atoms with Gasteiger partial charge in [0.05, 0.1) is 24.4 Å². The third-order valence-electron chi connectivity index (χ3n) is 3.74. The van der Waals surface area contributed by atoms with Crippen molar-refractivity contribution in [2.45, 2.75) is 12.5 Å². The Morgan fingerprint density at radius 3 is 3.15 bits per heavy atom. The third-order valence-corrected chi connectivity index (χ3v) is 3.74. The molecule has 0 spiro atoms. The summed E-state index contributed by atoms with van der Waals surface area (Å²) < 4.78 is 5.69. The van der Waals surface area contributed by atoms with E-state index in [0.717, 1.165) is 35.4 Å². The van der Waals surface area contributed by atoms with Crippen molar-refractivity contribution in [1.82, 2.24) is 10.2 Å². The number of nitrogens with one attached hydrogen (secondary N) is 2. The fourth-order valence-electron chi connectivity index (χ4n) is 2.73. The average molecular weight is 265 g/mol. The van der Waals surface area contributed by atoms with Gasteiger partial charge in [-0.1, -0.05) is 18.2 Å². The van der Waals surface area contributed by atoms with E-state index in [9.17, 15) is 0 Å². The molecule has 0 radical (unpaired) electrons. The molecule has 0 saturated carbocycles. The standard InChI is InChI=1S/C16H15N3O/c1-2-4-16-13(3-1)15(7-8-20-16)18-12-5-6-14-11(9-12)10-17-19-14/h1-6,9-10,15,18H,7-8H2,(H,17,19). The first-order valence-corrected chi connectivity index (χ1v) is 6.81. The highest BCUT2D eigenvalue weighted by atomic mass is 16.5. The SMILES string of the molecule is c1ccc2c(c1)OCCC2Nc1ccc2[nH]ncc2c1. The van der Waals surface area contributed by atoms with Gasteiger partial charge in [0, 0.05) is 23.1 Å². The maximum atomic E-state index is 5.69. The van der Waals surface area contributed by atoms with Crippen LogP contribution in [0.15, 0.2) is 48.7 Å². The maximum absolute atomic E-state index is 5.69. The molecule has 0 saturated heterocycles. The molecular formula is C16H15N3O. The van der Waals surface area contributed by atoms with E-state index in [-0.39, 0.29) is 0 Å². The summed E-state index contributed by atoms with van der Waals surface area (Å²) in [5, 5.41) is 11.7. The van der Waals surface area contributed by atoms with Gasteiger partial charge in [0.1, 0.15) is 5.75 Å². The lowest BCUT2D eigenvalue weighted by Gasteiger charge is -2.27. The number of hydrogen-bond donors (Lipinski definition) is 2. The molecule has 1 aliphatic rings. The molecule has 2 heterocycles. The molecule has 100 valence electrons. The number of anilines is 1. The molecule has 3 aromatic rings. The lowest BCUT2D eigenvalue weighted by atomic mass is 10.0. The van der Waals surface area contributed by atoms with Crippen LogP contribution in [0.5, 0.6) is 5.75 Å². The highest BCUT2D eigenvalue weighted by Crippen LogP contribution is 2.34. The van der Waals surface area contributed by atoms with Gasteiger partial charge in [0.15, 0.2) is 0 Å². The number of para-hydroxylation sites is 1. The van der Waals surface area contributed by atoms with Crippen LogP contribution in [0.1, 0.15) is 18.0 Å². The first-order chi connectivity index (χ1) is 9.90. The summed E-state index contributed by atoms with van der Waals surface area (Å²) in [7, 11) is 0. The molecule has 1 unspecified atom stereocenters. The fraction of sp³-hybridized carbons (Fsp3) is 0.188. The van der Waals surface area contributed by atoms with Gasteiger partial charge in [-0.3, -0.25) is 5.10 Å². The molecule has 0 aliphatic carbocycles. The van der Waals surface area contributed by atoms with E-state index in [1.165, 1.54) is 5.56 Å². The van der Waals surface area contributed by atoms with Crippen molar-refractivity contribution < 1.29 is 4.74 Å². The Morgan fingerprint density at radius 2 is 2.15 bits per heavy atom. The molecule has 2 aromatic carbocycles. The van der Waals surface area contributed by atoms with Crippen molar-refractivity contribution in [2.75, 3.05) is 11.9 Å². The zero-order chi connectivity index (χ0) is 13.4. The number of nitrogens with zero attached hydrogens (tertiary/aromatic N) is 1. The summed E-state index contributed by atoms with van der Waals surface area (Å²) in [5.74, 6) is 0.987. The number of aromatic amines is 1. The summed E-state index contributed by atoms with van der Waals surface area (Å²) in [4.78, 5) is 0. The van der Waals surface area contributed by atoms with Crippen LogP contribution in [0.4, 0.5) is 5.69 Å². The van der Waals surface area contributed by atoms with Gasteiger partial charge in [-0.25, -0.2) is 0 Å². The summed E-state index contributed by atoms with van der Waals surface area (Å²) in [5.41, 5.74) is 3.40. The Kier molecular flexibility index (Phi) is 2.59. The summed E-state index contributed by atoms with van der Waals surface area (Å²) >= 11 is 0. The van der Waals surface area contributed by atoms with Crippen LogP contribution in [0, 0.1) is 0 Å². The van der Waals surface area contributed by atoms with Crippen molar-refractivity contribution >= 4 is 16.6 Å².